The van der Waals surface area contributed by atoms with Gasteiger partial charge in [0.25, 0.3) is 0 Å². The Bertz CT molecular complexity index is 370. The average molecular weight is 300 g/mol. The molecule has 1 aromatic rings. The van der Waals surface area contributed by atoms with Crippen LogP contribution in [0.15, 0.2) is 34.8 Å². The molecule has 3 heteroatoms. The highest BCUT2D eigenvalue weighted by molar-refractivity contribution is 9.10. The summed E-state index contributed by atoms with van der Waals surface area (Å²) in [6.07, 6.45) is 1.69. The molecule has 0 amide bonds. The summed E-state index contributed by atoms with van der Waals surface area (Å²) >= 11 is 3.42. The van der Waals surface area contributed by atoms with Gasteiger partial charge in [0.05, 0.1) is 0 Å². The zero-order valence-electron chi connectivity index (χ0n) is 10.4. The summed E-state index contributed by atoms with van der Waals surface area (Å²) in [5.74, 6) is -0.172. The molecule has 0 aliphatic rings. The Morgan fingerprint density at radius 1 is 1.47 bits per heavy atom. The van der Waals surface area contributed by atoms with E-state index in [4.69, 9.17) is 0 Å². The highest BCUT2D eigenvalue weighted by Gasteiger charge is 2.18. The molecule has 1 unspecified atom stereocenters. The predicted octanol–water partition coefficient (Wildman–Crippen LogP) is 4.60. The largest absolute Gasteiger partial charge is 0.310 e. The number of hydrogen-bond donors (Lipinski definition) is 1. The SMILES string of the molecule is C=C(CC)CC(NCC)c1c(F)cccc1Br. The van der Waals surface area contributed by atoms with E-state index in [9.17, 15) is 4.39 Å². The van der Waals surface area contributed by atoms with Gasteiger partial charge in [0.2, 0.25) is 0 Å². The second kappa shape index (κ2) is 6.92. The van der Waals surface area contributed by atoms with Gasteiger partial charge in [-0.05, 0) is 31.5 Å². The van der Waals surface area contributed by atoms with Crippen molar-refractivity contribution in [2.24, 2.45) is 0 Å². The quantitative estimate of drug-likeness (QED) is 0.757. The van der Waals surface area contributed by atoms with Crippen molar-refractivity contribution in [2.45, 2.75) is 32.7 Å². The van der Waals surface area contributed by atoms with E-state index in [0.29, 0.717) is 5.56 Å². The molecule has 1 rings (SSSR count). The van der Waals surface area contributed by atoms with Crippen molar-refractivity contribution in [1.82, 2.24) is 5.32 Å². The second-order valence-corrected chi connectivity index (χ2v) is 4.91. The Balaban J connectivity index is 3.00. The molecule has 0 heterocycles. The van der Waals surface area contributed by atoms with Crippen LogP contribution in [0.2, 0.25) is 0 Å². The summed E-state index contributed by atoms with van der Waals surface area (Å²) < 4.78 is 14.7. The van der Waals surface area contributed by atoms with Gasteiger partial charge in [-0.3, -0.25) is 0 Å². The Kier molecular flexibility index (Phi) is 5.86. The first-order chi connectivity index (χ1) is 8.10. The number of benzene rings is 1. The van der Waals surface area contributed by atoms with Crippen LogP contribution in [-0.2, 0) is 0 Å². The van der Waals surface area contributed by atoms with Crippen LogP contribution in [0.5, 0.6) is 0 Å². The van der Waals surface area contributed by atoms with E-state index in [-0.39, 0.29) is 11.9 Å². The molecule has 94 valence electrons. The van der Waals surface area contributed by atoms with Gasteiger partial charge in [0.1, 0.15) is 5.82 Å². The van der Waals surface area contributed by atoms with Crippen molar-refractivity contribution < 1.29 is 4.39 Å². The minimum atomic E-state index is -0.172. The minimum absolute atomic E-state index is 0.0111. The second-order valence-electron chi connectivity index (χ2n) is 4.05. The van der Waals surface area contributed by atoms with E-state index >= 15 is 0 Å². The fraction of sp³-hybridized carbons (Fsp3) is 0.429. The Labute approximate surface area is 111 Å². The molecule has 0 aliphatic carbocycles. The Hall–Kier alpha value is -0.670. The maximum Gasteiger partial charge on any atom is 0.129 e. The van der Waals surface area contributed by atoms with Crippen molar-refractivity contribution in [3.63, 3.8) is 0 Å². The van der Waals surface area contributed by atoms with Crippen LogP contribution in [0.4, 0.5) is 4.39 Å². The summed E-state index contributed by atoms with van der Waals surface area (Å²) in [5, 5.41) is 3.31. The van der Waals surface area contributed by atoms with Gasteiger partial charge in [-0.25, -0.2) is 4.39 Å². The monoisotopic (exact) mass is 299 g/mol. The summed E-state index contributed by atoms with van der Waals surface area (Å²) in [7, 11) is 0. The third kappa shape index (κ3) is 3.93. The third-order valence-electron chi connectivity index (χ3n) is 2.79. The molecule has 0 radical (unpaired) electrons. The summed E-state index contributed by atoms with van der Waals surface area (Å²) in [6.45, 7) is 8.91. The molecule has 0 aliphatic heterocycles. The Morgan fingerprint density at radius 2 is 2.18 bits per heavy atom. The first-order valence-corrected chi connectivity index (χ1v) is 6.73. The molecule has 0 bridgehead atoms. The molecule has 0 saturated heterocycles. The van der Waals surface area contributed by atoms with Crippen molar-refractivity contribution in [1.29, 1.82) is 0 Å². The minimum Gasteiger partial charge on any atom is -0.310 e. The smallest absolute Gasteiger partial charge is 0.129 e. The van der Waals surface area contributed by atoms with Crippen LogP contribution < -0.4 is 5.32 Å². The zero-order valence-corrected chi connectivity index (χ0v) is 12.0. The van der Waals surface area contributed by atoms with E-state index in [1.807, 2.05) is 13.0 Å². The predicted molar refractivity (Wildman–Crippen MR) is 74.6 cm³/mol. The zero-order chi connectivity index (χ0) is 12.8. The van der Waals surface area contributed by atoms with Gasteiger partial charge in [0, 0.05) is 16.1 Å². The van der Waals surface area contributed by atoms with E-state index in [0.717, 1.165) is 29.4 Å². The summed E-state index contributed by atoms with van der Waals surface area (Å²) in [5.41, 5.74) is 1.83. The molecule has 1 N–H and O–H groups in total. The normalized spacial score (nSPS) is 12.5. The Morgan fingerprint density at radius 3 is 2.71 bits per heavy atom. The molecule has 0 aromatic heterocycles. The van der Waals surface area contributed by atoms with E-state index in [1.165, 1.54) is 6.07 Å². The standard InChI is InChI=1S/C14H19BrFN/c1-4-10(3)9-13(17-5-2)14-11(15)7-6-8-12(14)16/h6-8,13,17H,3-5,9H2,1-2H3. The van der Waals surface area contributed by atoms with Crippen LogP contribution in [0.25, 0.3) is 0 Å². The molecule has 0 saturated carbocycles. The lowest BCUT2D eigenvalue weighted by Gasteiger charge is -2.21. The van der Waals surface area contributed by atoms with Gasteiger partial charge in [-0.15, -0.1) is 0 Å². The molecule has 1 atom stereocenters. The topological polar surface area (TPSA) is 12.0 Å². The first-order valence-electron chi connectivity index (χ1n) is 5.94. The third-order valence-corrected chi connectivity index (χ3v) is 3.48. The van der Waals surface area contributed by atoms with Gasteiger partial charge in [-0.2, -0.15) is 0 Å². The number of rotatable bonds is 6. The molecular formula is C14H19BrFN. The lowest BCUT2D eigenvalue weighted by molar-refractivity contribution is 0.503. The fourth-order valence-electron chi connectivity index (χ4n) is 1.80. The van der Waals surface area contributed by atoms with E-state index < -0.39 is 0 Å². The average Bonchev–Trinajstić information content (AvgIpc) is 2.28. The van der Waals surface area contributed by atoms with Gasteiger partial charge >= 0.3 is 0 Å². The molecule has 0 spiro atoms. The van der Waals surface area contributed by atoms with Gasteiger partial charge in [0.15, 0.2) is 0 Å². The lowest BCUT2D eigenvalue weighted by Crippen LogP contribution is -2.22. The molecule has 1 nitrogen and oxygen atoms in total. The van der Waals surface area contributed by atoms with Crippen molar-refractivity contribution in [2.75, 3.05) is 6.54 Å². The van der Waals surface area contributed by atoms with Crippen molar-refractivity contribution in [3.8, 4) is 0 Å². The highest BCUT2D eigenvalue weighted by atomic mass is 79.9. The summed E-state index contributed by atoms with van der Waals surface area (Å²) in [6, 6.07) is 5.07. The maximum absolute atomic E-state index is 13.9. The van der Waals surface area contributed by atoms with E-state index in [1.54, 1.807) is 6.07 Å². The van der Waals surface area contributed by atoms with Gasteiger partial charge in [-0.1, -0.05) is 48.0 Å². The highest BCUT2D eigenvalue weighted by Crippen LogP contribution is 2.30. The lowest BCUT2D eigenvalue weighted by atomic mass is 9.98. The van der Waals surface area contributed by atoms with Crippen LogP contribution >= 0.6 is 15.9 Å². The van der Waals surface area contributed by atoms with Crippen molar-refractivity contribution >= 4 is 15.9 Å². The van der Waals surface area contributed by atoms with Gasteiger partial charge < -0.3 is 5.32 Å². The van der Waals surface area contributed by atoms with Crippen LogP contribution in [0.3, 0.4) is 0 Å². The molecule has 0 fully saturated rings. The van der Waals surface area contributed by atoms with E-state index in [2.05, 4.69) is 34.7 Å². The molecule has 17 heavy (non-hydrogen) atoms. The fourth-order valence-corrected chi connectivity index (χ4v) is 2.42. The first kappa shape index (κ1) is 14.4. The number of nitrogens with one attached hydrogen (secondary N) is 1. The summed E-state index contributed by atoms with van der Waals surface area (Å²) in [4.78, 5) is 0. The maximum atomic E-state index is 13.9. The number of halogens is 2. The molecular weight excluding hydrogens is 281 g/mol. The van der Waals surface area contributed by atoms with Crippen LogP contribution in [0, 0.1) is 5.82 Å². The van der Waals surface area contributed by atoms with Crippen LogP contribution in [0.1, 0.15) is 38.3 Å². The molecule has 1 aromatic carbocycles. The number of hydrogen-bond acceptors (Lipinski definition) is 1. The van der Waals surface area contributed by atoms with Crippen LogP contribution in [-0.4, -0.2) is 6.54 Å². The van der Waals surface area contributed by atoms with Crippen molar-refractivity contribution in [3.05, 3.63) is 46.2 Å².